The molecule has 206 valence electrons. The Labute approximate surface area is 239 Å². The third-order valence-electron chi connectivity index (χ3n) is 7.28. The Morgan fingerprint density at radius 1 is 1.02 bits per heavy atom. The summed E-state index contributed by atoms with van der Waals surface area (Å²) in [6.45, 7) is 4.66. The molecule has 9 heteroatoms. The number of nitrogens with zero attached hydrogens (tertiary/aromatic N) is 3. The van der Waals surface area contributed by atoms with E-state index >= 15 is 0 Å². The molecule has 0 unspecified atom stereocenters. The first-order valence-electron chi connectivity index (χ1n) is 13.2. The van der Waals surface area contributed by atoms with Gasteiger partial charge in [-0.05, 0) is 86.2 Å². The van der Waals surface area contributed by atoms with Crippen LogP contribution in [0.5, 0.6) is 11.5 Å². The molecule has 1 fully saturated rings. The molecular weight excluding hydrogens is 522 g/mol. The summed E-state index contributed by atoms with van der Waals surface area (Å²) in [6, 6.07) is 23.2. The van der Waals surface area contributed by atoms with Gasteiger partial charge in [0.05, 0.1) is 37.7 Å². The predicted octanol–water partition coefficient (Wildman–Crippen LogP) is 5.51. The van der Waals surface area contributed by atoms with Gasteiger partial charge in [0.15, 0.2) is 5.11 Å². The van der Waals surface area contributed by atoms with Crippen molar-refractivity contribution in [2.45, 2.75) is 32.4 Å². The van der Waals surface area contributed by atoms with Crippen molar-refractivity contribution >= 4 is 28.9 Å². The van der Waals surface area contributed by atoms with Gasteiger partial charge >= 0.3 is 0 Å². The lowest BCUT2D eigenvalue weighted by Gasteiger charge is -2.28. The monoisotopic (exact) mass is 555 g/mol. The minimum Gasteiger partial charge on any atom is -0.497 e. The number of hydrogen-bond donors (Lipinski definition) is 2. The molecule has 2 aromatic heterocycles. The van der Waals surface area contributed by atoms with Crippen LogP contribution in [-0.4, -0.2) is 46.2 Å². The number of para-hydroxylation sites is 2. The Morgan fingerprint density at radius 3 is 2.48 bits per heavy atom. The molecule has 40 heavy (non-hydrogen) atoms. The van der Waals surface area contributed by atoms with Crippen LogP contribution in [0.1, 0.15) is 41.1 Å². The number of anilines is 1. The third kappa shape index (κ3) is 5.37. The summed E-state index contributed by atoms with van der Waals surface area (Å²) >= 11 is 5.83. The number of carbonyl (C=O) groups excluding carboxylic acids is 1. The van der Waals surface area contributed by atoms with Crippen LogP contribution in [0.25, 0.3) is 5.69 Å². The zero-order valence-corrected chi connectivity index (χ0v) is 23.9. The minimum absolute atomic E-state index is 0.115. The Bertz CT molecular complexity index is 1500. The molecule has 2 N–H and O–H groups in total. The maximum Gasteiger partial charge on any atom is 0.226 e. The van der Waals surface area contributed by atoms with E-state index in [0.717, 1.165) is 34.1 Å². The van der Waals surface area contributed by atoms with Gasteiger partial charge in [-0.25, -0.2) is 0 Å². The van der Waals surface area contributed by atoms with Gasteiger partial charge in [-0.3, -0.25) is 9.78 Å². The first kappa shape index (κ1) is 27.2. The van der Waals surface area contributed by atoms with Gasteiger partial charge < -0.3 is 29.6 Å². The molecule has 2 atom stereocenters. The summed E-state index contributed by atoms with van der Waals surface area (Å²) < 4.78 is 13.0. The maximum absolute atomic E-state index is 13.0. The molecule has 4 aromatic rings. The lowest BCUT2D eigenvalue weighted by atomic mass is 9.96. The summed E-state index contributed by atoms with van der Waals surface area (Å²) in [7, 11) is 3.25. The van der Waals surface area contributed by atoms with E-state index in [1.54, 1.807) is 20.4 Å². The molecule has 1 amide bonds. The van der Waals surface area contributed by atoms with E-state index in [1.807, 2.05) is 54.6 Å². The van der Waals surface area contributed by atoms with Crippen LogP contribution >= 0.6 is 12.2 Å². The van der Waals surface area contributed by atoms with Crippen LogP contribution in [0.3, 0.4) is 0 Å². The van der Waals surface area contributed by atoms with Crippen molar-refractivity contribution in [2.75, 3.05) is 26.1 Å². The lowest BCUT2D eigenvalue weighted by molar-refractivity contribution is -0.116. The van der Waals surface area contributed by atoms with Crippen molar-refractivity contribution in [3.05, 3.63) is 102 Å². The highest BCUT2D eigenvalue weighted by atomic mass is 32.1. The average molecular weight is 556 g/mol. The highest BCUT2D eigenvalue weighted by Crippen LogP contribution is 2.41. The fraction of sp³-hybridized carbons (Fsp3) is 0.258. The van der Waals surface area contributed by atoms with Crippen LogP contribution in [0.2, 0.25) is 0 Å². The Kier molecular flexibility index (Phi) is 8.02. The number of benzene rings is 2. The van der Waals surface area contributed by atoms with E-state index in [1.165, 1.54) is 0 Å². The number of nitrogens with one attached hydrogen (secondary N) is 2. The Hall–Kier alpha value is -4.37. The smallest absolute Gasteiger partial charge is 0.226 e. The van der Waals surface area contributed by atoms with E-state index in [0.29, 0.717) is 23.1 Å². The minimum atomic E-state index is -0.171. The van der Waals surface area contributed by atoms with Gasteiger partial charge in [-0.2, -0.15) is 0 Å². The second kappa shape index (κ2) is 11.8. The van der Waals surface area contributed by atoms with Crippen molar-refractivity contribution < 1.29 is 14.3 Å². The molecule has 2 aromatic carbocycles. The zero-order valence-electron chi connectivity index (χ0n) is 23.0. The molecule has 1 aliphatic heterocycles. The first-order chi connectivity index (χ1) is 19.4. The average Bonchev–Trinajstić information content (AvgIpc) is 3.46. The van der Waals surface area contributed by atoms with Crippen molar-refractivity contribution in [3.8, 4) is 17.2 Å². The summed E-state index contributed by atoms with van der Waals surface area (Å²) in [4.78, 5) is 19.8. The topological polar surface area (TPSA) is 80.7 Å². The number of amides is 1. The summed E-state index contributed by atoms with van der Waals surface area (Å²) in [5.41, 5.74) is 5.91. The second-order valence-corrected chi connectivity index (χ2v) is 10.1. The molecule has 0 aliphatic carbocycles. The Morgan fingerprint density at radius 2 is 1.77 bits per heavy atom. The molecule has 0 saturated carbocycles. The number of rotatable bonds is 9. The number of hydrogen-bond acceptors (Lipinski definition) is 5. The van der Waals surface area contributed by atoms with Gasteiger partial charge in [0.25, 0.3) is 0 Å². The number of carbonyl (C=O) groups is 1. The number of aromatic nitrogens is 2. The highest BCUT2D eigenvalue weighted by molar-refractivity contribution is 7.80. The van der Waals surface area contributed by atoms with Crippen LogP contribution in [0, 0.1) is 13.8 Å². The molecular formula is C31H33N5O3S. The number of thiocarbonyl (C=S) groups is 1. The van der Waals surface area contributed by atoms with Gasteiger partial charge in [-0.1, -0.05) is 18.2 Å². The summed E-state index contributed by atoms with van der Waals surface area (Å²) in [5.74, 6) is 1.31. The highest BCUT2D eigenvalue weighted by Gasteiger charge is 2.41. The molecule has 3 heterocycles. The van der Waals surface area contributed by atoms with Gasteiger partial charge in [0, 0.05) is 36.2 Å². The molecule has 8 nitrogen and oxygen atoms in total. The van der Waals surface area contributed by atoms with Gasteiger partial charge in [-0.15, -0.1) is 0 Å². The van der Waals surface area contributed by atoms with E-state index in [9.17, 15) is 4.79 Å². The normalized spacial score (nSPS) is 16.5. The van der Waals surface area contributed by atoms with Crippen molar-refractivity contribution in [3.63, 3.8) is 0 Å². The summed E-state index contributed by atoms with van der Waals surface area (Å²) in [5, 5.41) is 7.06. The molecule has 5 rings (SSSR count). The standard InChI is InChI=1S/C31H33N5O3S/c1-20-19-24(21(2)36(20)22-12-14-23(38-3)15-13-22)30-29(26-10-7-8-17-32-26)34-31(40)35(30)18-16-28(37)33-25-9-5-6-11-27(25)39-4/h5-15,17,19,29-30H,16,18H2,1-4H3,(H,33,37)(H,34,40)/t29-,30+/m1/s1. The largest absolute Gasteiger partial charge is 0.497 e. The number of aryl methyl sites for hydroxylation is 1. The zero-order chi connectivity index (χ0) is 28.2. The summed E-state index contributed by atoms with van der Waals surface area (Å²) in [6.07, 6.45) is 2.05. The van der Waals surface area contributed by atoms with E-state index in [-0.39, 0.29) is 24.4 Å². The fourth-order valence-electron chi connectivity index (χ4n) is 5.38. The number of pyridine rings is 1. The maximum atomic E-state index is 13.0. The molecule has 0 spiro atoms. The van der Waals surface area contributed by atoms with Crippen LogP contribution in [0.15, 0.2) is 79.0 Å². The van der Waals surface area contributed by atoms with Crippen molar-refractivity contribution in [1.29, 1.82) is 0 Å². The predicted molar refractivity (Wildman–Crippen MR) is 160 cm³/mol. The second-order valence-electron chi connectivity index (χ2n) is 9.68. The fourth-order valence-corrected chi connectivity index (χ4v) is 5.71. The quantitative estimate of drug-likeness (QED) is 0.264. The van der Waals surface area contributed by atoms with Crippen molar-refractivity contribution in [2.24, 2.45) is 0 Å². The SMILES string of the molecule is COc1ccc(-n2c(C)cc([C@H]3[C@@H](c4ccccn4)NC(=S)N3CCC(=O)Nc3ccccc3OC)c2C)cc1. The number of methoxy groups -OCH3 is 2. The lowest BCUT2D eigenvalue weighted by Crippen LogP contribution is -2.33. The molecule has 0 bridgehead atoms. The first-order valence-corrected chi connectivity index (χ1v) is 13.6. The van der Waals surface area contributed by atoms with Gasteiger partial charge in [0.2, 0.25) is 5.91 Å². The number of ether oxygens (including phenoxy) is 2. The molecule has 0 radical (unpaired) electrons. The molecule has 1 aliphatic rings. The van der Waals surface area contributed by atoms with E-state index in [4.69, 9.17) is 21.7 Å². The van der Waals surface area contributed by atoms with Crippen LogP contribution in [-0.2, 0) is 4.79 Å². The van der Waals surface area contributed by atoms with E-state index in [2.05, 4.69) is 57.1 Å². The molecule has 1 saturated heterocycles. The van der Waals surface area contributed by atoms with Crippen molar-refractivity contribution in [1.82, 2.24) is 19.8 Å². The van der Waals surface area contributed by atoms with Crippen LogP contribution in [0.4, 0.5) is 5.69 Å². The Balaban J connectivity index is 1.46. The van der Waals surface area contributed by atoms with Gasteiger partial charge in [0.1, 0.15) is 11.5 Å². The third-order valence-corrected chi connectivity index (χ3v) is 7.63. The van der Waals surface area contributed by atoms with Crippen LogP contribution < -0.4 is 20.1 Å². The van der Waals surface area contributed by atoms with E-state index < -0.39 is 0 Å².